The van der Waals surface area contributed by atoms with Gasteiger partial charge in [-0.1, -0.05) is 12.1 Å². The Kier molecular flexibility index (Phi) is 6.26. The number of anilines is 2. The van der Waals surface area contributed by atoms with E-state index in [0.29, 0.717) is 16.3 Å². The van der Waals surface area contributed by atoms with Crippen molar-refractivity contribution < 1.29 is 14.0 Å². The molecule has 0 saturated heterocycles. The van der Waals surface area contributed by atoms with Crippen molar-refractivity contribution in [3.63, 3.8) is 0 Å². The molecule has 0 fully saturated rings. The first-order valence-corrected chi connectivity index (χ1v) is 9.95. The van der Waals surface area contributed by atoms with E-state index >= 15 is 0 Å². The summed E-state index contributed by atoms with van der Waals surface area (Å²) in [6, 6.07) is 16.6. The minimum Gasteiger partial charge on any atom is -0.325 e. The molecule has 1 atom stereocenters. The molecule has 1 heterocycles. The Morgan fingerprint density at radius 2 is 1.78 bits per heavy atom. The summed E-state index contributed by atoms with van der Waals surface area (Å²) in [4.78, 5) is 26.0. The number of carbonyl (C=O) groups is 2. The highest BCUT2D eigenvalue weighted by molar-refractivity contribution is 8.00. The Balaban J connectivity index is 1.60. The highest BCUT2D eigenvalue weighted by Gasteiger charge is 2.15. The lowest BCUT2D eigenvalue weighted by atomic mass is 10.3. The molecule has 3 rings (SSSR count). The number of amides is 2. The smallest absolute Gasteiger partial charge is 0.265 e. The van der Waals surface area contributed by atoms with Gasteiger partial charge < -0.3 is 10.6 Å². The molecule has 0 saturated carbocycles. The van der Waals surface area contributed by atoms with Gasteiger partial charge in [0.2, 0.25) is 5.91 Å². The Morgan fingerprint density at radius 1 is 1.00 bits per heavy atom. The van der Waals surface area contributed by atoms with Crippen LogP contribution in [0.5, 0.6) is 0 Å². The summed E-state index contributed by atoms with van der Waals surface area (Å²) in [6.07, 6.45) is 0. The highest BCUT2D eigenvalue weighted by atomic mass is 32.2. The van der Waals surface area contributed by atoms with Gasteiger partial charge in [-0.25, -0.2) is 4.39 Å². The largest absolute Gasteiger partial charge is 0.325 e. The molecule has 7 heteroatoms. The van der Waals surface area contributed by atoms with Gasteiger partial charge in [0.25, 0.3) is 5.91 Å². The number of rotatable bonds is 6. The maximum atomic E-state index is 12.9. The van der Waals surface area contributed by atoms with Gasteiger partial charge in [-0.2, -0.15) is 0 Å². The van der Waals surface area contributed by atoms with E-state index in [1.165, 1.54) is 47.4 Å². The van der Waals surface area contributed by atoms with Crippen molar-refractivity contribution in [1.29, 1.82) is 0 Å². The lowest BCUT2D eigenvalue weighted by Crippen LogP contribution is -2.22. The van der Waals surface area contributed by atoms with Crippen LogP contribution in [0.4, 0.5) is 15.8 Å². The molecule has 0 bridgehead atoms. The Bertz CT molecular complexity index is 927. The maximum Gasteiger partial charge on any atom is 0.265 e. The van der Waals surface area contributed by atoms with Gasteiger partial charge >= 0.3 is 0 Å². The number of halogens is 1. The van der Waals surface area contributed by atoms with Crippen LogP contribution in [0.25, 0.3) is 0 Å². The fourth-order valence-electron chi connectivity index (χ4n) is 2.28. The molecule has 0 spiro atoms. The van der Waals surface area contributed by atoms with E-state index in [-0.39, 0.29) is 22.9 Å². The molecule has 1 aromatic heterocycles. The Hall–Kier alpha value is -2.64. The van der Waals surface area contributed by atoms with E-state index in [1.54, 1.807) is 19.1 Å². The van der Waals surface area contributed by atoms with Gasteiger partial charge in [-0.3, -0.25) is 9.59 Å². The second-order valence-corrected chi connectivity index (χ2v) is 8.08. The predicted octanol–water partition coefficient (Wildman–Crippen LogP) is 5.26. The van der Waals surface area contributed by atoms with Gasteiger partial charge in [0.1, 0.15) is 5.82 Å². The van der Waals surface area contributed by atoms with Gasteiger partial charge in [-0.05, 0) is 60.8 Å². The van der Waals surface area contributed by atoms with E-state index in [2.05, 4.69) is 10.6 Å². The first kappa shape index (κ1) is 19.1. The Labute approximate surface area is 164 Å². The van der Waals surface area contributed by atoms with Crippen LogP contribution in [0, 0.1) is 5.82 Å². The second kappa shape index (κ2) is 8.83. The first-order chi connectivity index (χ1) is 13.0. The van der Waals surface area contributed by atoms with Crippen molar-refractivity contribution in [2.75, 3.05) is 10.6 Å². The maximum absolute atomic E-state index is 12.9. The summed E-state index contributed by atoms with van der Waals surface area (Å²) < 4.78 is 12.9. The van der Waals surface area contributed by atoms with Crippen molar-refractivity contribution in [1.82, 2.24) is 0 Å². The van der Waals surface area contributed by atoms with Crippen molar-refractivity contribution >= 4 is 46.3 Å². The SMILES string of the molecule is CC(Sc1cccc(NC(=O)c2cccs2)c1)C(=O)Nc1ccc(F)cc1. The summed E-state index contributed by atoms with van der Waals surface area (Å²) in [6.45, 7) is 1.79. The molecule has 0 aliphatic rings. The van der Waals surface area contributed by atoms with Crippen LogP contribution in [0.15, 0.2) is 70.9 Å². The summed E-state index contributed by atoms with van der Waals surface area (Å²) in [5, 5.41) is 7.10. The van der Waals surface area contributed by atoms with Crippen molar-refractivity contribution in [2.45, 2.75) is 17.1 Å². The van der Waals surface area contributed by atoms with Crippen molar-refractivity contribution in [3.8, 4) is 0 Å². The normalized spacial score (nSPS) is 11.6. The third kappa shape index (κ3) is 5.42. The quantitative estimate of drug-likeness (QED) is 0.555. The Morgan fingerprint density at radius 3 is 2.48 bits per heavy atom. The average molecular weight is 401 g/mol. The zero-order chi connectivity index (χ0) is 19.2. The van der Waals surface area contributed by atoms with E-state index < -0.39 is 0 Å². The molecule has 0 aliphatic heterocycles. The van der Waals surface area contributed by atoms with Crippen LogP contribution in [-0.4, -0.2) is 17.1 Å². The number of hydrogen-bond donors (Lipinski definition) is 2. The molecule has 1 unspecified atom stereocenters. The van der Waals surface area contributed by atoms with E-state index in [1.807, 2.05) is 29.6 Å². The van der Waals surface area contributed by atoms with Crippen LogP contribution >= 0.6 is 23.1 Å². The zero-order valence-electron chi connectivity index (χ0n) is 14.4. The molecule has 0 aliphatic carbocycles. The summed E-state index contributed by atoms with van der Waals surface area (Å²) in [7, 11) is 0. The summed E-state index contributed by atoms with van der Waals surface area (Å²) in [5.74, 6) is -0.689. The van der Waals surface area contributed by atoms with Gasteiger partial charge in [0.15, 0.2) is 0 Å². The number of thioether (sulfide) groups is 1. The van der Waals surface area contributed by atoms with Crippen LogP contribution in [0.3, 0.4) is 0 Å². The average Bonchev–Trinajstić information content (AvgIpc) is 3.19. The minimum atomic E-state index is -0.363. The molecule has 2 amide bonds. The first-order valence-electron chi connectivity index (χ1n) is 8.19. The third-order valence-electron chi connectivity index (χ3n) is 3.63. The van der Waals surface area contributed by atoms with E-state index in [4.69, 9.17) is 0 Å². The zero-order valence-corrected chi connectivity index (χ0v) is 16.1. The van der Waals surface area contributed by atoms with E-state index in [9.17, 15) is 14.0 Å². The lowest BCUT2D eigenvalue weighted by molar-refractivity contribution is -0.115. The van der Waals surface area contributed by atoms with Gasteiger partial charge in [-0.15, -0.1) is 23.1 Å². The molecular weight excluding hydrogens is 383 g/mol. The van der Waals surface area contributed by atoms with E-state index in [0.717, 1.165) is 4.90 Å². The fourth-order valence-corrected chi connectivity index (χ4v) is 3.83. The standard InChI is InChI=1S/C20H17FN2O2S2/c1-13(19(24)22-15-9-7-14(21)8-10-15)27-17-5-2-4-16(12-17)23-20(25)18-6-3-11-26-18/h2-13H,1H3,(H,22,24)(H,23,25). The molecule has 4 nitrogen and oxygen atoms in total. The minimum absolute atomic E-state index is 0.158. The number of hydrogen-bond acceptors (Lipinski definition) is 4. The highest BCUT2D eigenvalue weighted by Crippen LogP contribution is 2.27. The van der Waals surface area contributed by atoms with Gasteiger partial charge in [0.05, 0.1) is 10.1 Å². The number of benzene rings is 2. The summed E-state index contributed by atoms with van der Waals surface area (Å²) in [5.41, 5.74) is 1.22. The number of carbonyl (C=O) groups excluding carboxylic acids is 2. The molecular formula is C20H17FN2O2S2. The second-order valence-electron chi connectivity index (χ2n) is 5.72. The van der Waals surface area contributed by atoms with Crippen LogP contribution in [-0.2, 0) is 4.79 Å². The monoisotopic (exact) mass is 400 g/mol. The molecule has 0 radical (unpaired) electrons. The number of thiophene rings is 1. The van der Waals surface area contributed by atoms with Crippen LogP contribution in [0.1, 0.15) is 16.6 Å². The molecule has 3 aromatic rings. The van der Waals surface area contributed by atoms with Crippen molar-refractivity contribution in [2.24, 2.45) is 0 Å². The lowest BCUT2D eigenvalue weighted by Gasteiger charge is -2.13. The third-order valence-corrected chi connectivity index (χ3v) is 5.59. The molecule has 138 valence electrons. The number of nitrogens with one attached hydrogen (secondary N) is 2. The topological polar surface area (TPSA) is 58.2 Å². The summed E-state index contributed by atoms with van der Waals surface area (Å²) >= 11 is 2.76. The molecule has 27 heavy (non-hydrogen) atoms. The predicted molar refractivity (Wildman–Crippen MR) is 109 cm³/mol. The molecule has 2 aromatic carbocycles. The van der Waals surface area contributed by atoms with Crippen LogP contribution in [0.2, 0.25) is 0 Å². The van der Waals surface area contributed by atoms with Crippen LogP contribution < -0.4 is 10.6 Å². The van der Waals surface area contributed by atoms with Gasteiger partial charge in [0, 0.05) is 16.3 Å². The fraction of sp³-hybridized carbons (Fsp3) is 0.100. The molecule has 2 N–H and O–H groups in total. The van der Waals surface area contributed by atoms with Crippen molar-refractivity contribution in [3.05, 3.63) is 76.7 Å².